The first-order valence-electron chi connectivity index (χ1n) is 8.69. The van der Waals surface area contributed by atoms with Crippen molar-refractivity contribution >= 4 is 16.9 Å². The van der Waals surface area contributed by atoms with Crippen LogP contribution in [0.3, 0.4) is 0 Å². The molecule has 6 nitrogen and oxygen atoms in total. The van der Waals surface area contributed by atoms with Crippen LogP contribution in [0.15, 0.2) is 42.5 Å². The smallest absolute Gasteiger partial charge is 0.254 e. The highest BCUT2D eigenvalue weighted by Gasteiger charge is 2.33. The van der Waals surface area contributed by atoms with E-state index in [2.05, 4.69) is 9.97 Å². The van der Waals surface area contributed by atoms with Crippen LogP contribution in [0.25, 0.3) is 11.0 Å². The molecule has 2 heterocycles. The molecular weight excluding hydrogens is 330 g/mol. The predicted octanol–water partition coefficient (Wildman–Crippen LogP) is 3.56. The summed E-state index contributed by atoms with van der Waals surface area (Å²) in [5, 5.41) is 0. The van der Waals surface area contributed by atoms with Gasteiger partial charge in [-0.2, -0.15) is 0 Å². The molecule has 1 saturated heterocycles. The summed E-state index contributed by atoms with van der Waals surface area (Å²) in [5.41, 5.74) is 2.51. The number of benzene rings is 2. The predicted molar refractivity (Wildman–Crippen MR) is 98.7 cm³/mol. The number of rotatable bonds is 4. The van der Waals surface area contributed by atoms with Crippen LogP contribution in [-0.4, -0.2) is 41.5 Å². The molecule has 6 heteroatoms. The van der Waals surface area contributed by atoms with Crippen molar-refractivity contribution in [2.45, 2.75) is 18.9 Å². The number of H-pyrrole nitrogens is 1. The number of hydrogen-bond donors (Lipinski definition) is 1. The van der Waals surface area contributed by atoms with Crippen LogP contribution in [-0.2, 0) is 0 Å². The van der Waals surface area contributed by atoms with Gasteiger partial charge in [-0.25, -0.2) is 4.98 Å². The largest absolute Gasteiger partial charge is 0.493 e. The number of amides is 1. The molecule has 0 aliphatic carbocycles. The minimum Gasteiger partial charge on any atom is -0.493 e. The van der Waals surface area contributed by atoms with Gasteiger partial charge in [0.05, 0.1) is 31.3 Å². The highest BCUT2D eigenvalue weighted by molar-refractivity contribution is 5.95. The summed E-state index contributed by atoms with van der Waals surface area (Å²) in [4.78, 5) is 23.0. The summed E-state index contributed by atoms with van der Waals surface area (Å²) < 4.78 is 10.6. The van der Waals surface area contributed by atoms with Crippen LogP contribution in [0.2, 0.25) is 0 Å². The third-order valence-electron chi connectivity index (χ3n) is 4.87. The van der Waals surface area contributed by atoms with Crippen molar-refractivity contribution in [1.82, 2.24) is 14.9 Å². The second-order valence-electron chi connectivity index (χ2n) is 6.37. The fourth-order valence-electron chi connectivity index (χ4n) is 3.56. The fraction of sp³-hybridized carbons (Fsp3) is 0.300. The van der Waals surface area contributed by atoms with Gasteiger partial charge in [0, 0.05) is 12.1 Å². The van der Waals surface area contributed by atoms with Crippen LogP contribution < -0.4 is 9.47 Å². The molecule has 26 heavy (non-hydrogen) atoms. The molecule has 1 aliphatic heterocycles. The normalized spacial score (nSPS) is 16.8. The van der Waals surface area contributed by atoms with Gasteiger partial charge < -0.3 is 19.4 Å². The first kappa shape index (κ1) is 16.4. The van der Waals surface area contributed by atoms with Crippen LogP contribution >= 0.6 is 0 Å². The third-order valence-corrected chi connectivity index (χ3v) is 4.87. The fourth-order valence-corrected chi connectivity index (χ4v) is 3.56. The number of aromatic nitrogens is 2. The molecule has 1 aromatic heterocycles. The molecule has 1 atom stereocenters. The van der Waals surface area contributed by atoms with Gasteiger partial charge in [-0.05, 0) is 43.2 Å². The molecule has 0 bridgehead atoms. The van der Waals surface area contributed by atoms with Crippen molar-refractivity contribution < 1.29 is 14.3 Å². The number of imidazole rings is 1. The Kier molecular flexibility index (Phi) is 4.24. The van der Waals surface area contributed by atoms with E-state index in [0.29, 0.717) is 17.1 Å². The minimum atomic E-state index is -0.0389. The van der Waals surface area contributed by atoms with Crippen molar-refractivity contribution in [3.63, 3.8) is 0 Å². The number of ether oxygens (including phenoxy) is 2. The number of hydrogen-bond acceptors (Lipinski definition) is 4. The van der Waals surface area contributed by atoms with Gasteiger partial charge in [0.25, 0.3) is 5.91 Å². The van der Waals surface area contributed by atoms with Crippen molar-refractivity contribution in [3.05, 3.63) is 53.9 Å². The van der Waals surface area contributed by atoms with Gasteiger partial charge >= 0.3 is 0 Å². The van der Waals surface area contributed by atoms with E-state index in [-0.39, 0.29) is 11.9 Å². The number of carbonyl (C=O) groups excluding carboxylic acids is 1. The van der Waals surface area contributed by atoms with Crippen LogP contribution in [0.4, 0.5) is 0 Å². The number of nitrogens with zero attached hydrogens (tertiary/aromatic N) is 2. The van der Waals surface area contributed by atoms with E-state index in [1.807, 2.05) is 29.2 Å². The lowest BCUT2D eigenvalue weighted by Crippen LogP contribution is -2.31. The Morgan fingerprint density at radius 3 is 2.73 bits per heavy atom. The van der Waals surface area contributed by atoms with E-state index >= 15 is 0 Å². The van der Waals surface area contributed by atoms with E-state index in [1.54, 1.807) is 32.4 Å². The monoisotopic (exact) mass is 351 g/mol. The van der Waals surface area contributed by atoms with E-state index in [0.717, 1.165) is 36.2 Å². The van der Waals surface area contributed by atoms with Crippen molar-refractivity contribution in [1.29, 1.82) is 0 Å². The molecule has 4 rings (SSSR count). The van der Waals surface area contributed by atoms with Gasteiger partial charge in [-0.15, -0.1) is 0 Å². The zero-order valence-corrected chi connectivity index (χ0v) is 14.9. The Morgan fingerprint density at radius 1 is 1.15 bits per heavy atom. The van der Waals surface area contributed by atoms with Gasteiger partial charge in [0.2, 0.25) is 0 Å². The molecule has 1 N–H and O–H groups in total. The van der Waals surface area contributed by atoms with E-state index in [1.165, 1.54) is 0 Å². The lowest BCUT2D eigenvalue weighted by Gasteiger charge is -2.23. The second kappa shape index (κ2) is 6.71. The number of aromatic amines is 1. The standard InChI is InChI=1S/C20H21N3O3/c1-25-17-10-9-13(12-18(17)26-2)20(24)23-11-5-8-16(23)19-21-14-6-3-4-7-15(14)22-19/h3-4,6-7,9-10,12,16H,5,8,11H2,1-2H3,(H,21,22)/t16-/m0/s1. The summed E-state index contributed by atoms with van der Waals surface area (Å²) in [7, 11) is 3.15. The highest BCUT2D eigenvalue weighted by Crippen LogP contribution is 2.34. The number of nitrogens with one attached hydrogen (secondary N) is 1. The van der Waals surface area contributed by atoms with Crippen molar-refractivity contribution in [3.8, 4) is 11.5 Å². The van der Waals surface area contributed by atoms with E-state index in [9.17, 15) is 4.79 Å². The average Bonchev–Trinajstić information content (AvgIpc) is 3.33. The van der Waals surface area contributed by atoms with Gasteiger partial charge in [-0.1, -0.05) is 12.1 Å². The van der Waals surface area contributed by atoms with Crippen LogP contribution in [0, 0.1) is 0 Å². The zero-order chi connectivity index (χ0) is 18.1. The van der Waals surface area contributed by atoms with Gasteiger partial charge in [0.1, 0.15) is 5.82 Å². The summed E-state index contributed by atoms with van der Waals surface area (Å²) in [6.45, 7) is 0.717. The molecule has 134 valence electrons. The quantitative estimate of drug-likeness (QED) is 0.780. The lowest BCUT2D eigenvalue weighted by atomic mass is 10.1. The van der Waals surface area contributed by atoms with Gasteiger partial charge in [-0.3, -0.25) is 4.79 Å². The second-order valence-corrected chi connectivity index (χ2v) is 6.37. The molecule has 0 spiro atoms. The Bertz CT molecular complexity index is 917. The number of fused-ring (bicyclic) bond motifs is 1. The molecule has 0 saturated carbocycles. The number of carbonyl (C=O) groups is 1. The highest BCUT2D eigenvalue weighted by atomic mass is 16.5. The molecule has 1 fully saturated rings. The maximum atomic E-state index is 13.1. The Labute approximate surface area is 151 Å². The SMILES string of the molecule is COc1ccc(C(=O)N2CCC[C@H]2c2nc3ccccc3[nH]2)cc1OC. The van der Waals surface area contributed by atoms with Gasteiger partial charge in [0.15, 0.2) is 11.5 Å². The maximum absolute atomic E-state index is 13.1. The van der Waals surface area contributed by atoms with Crippen molar-refractivity contribution in [2.75, 3.05) is 20.8 Å². The number of methoxy groups -OCH3 is 2. The Morgan fingerprint density at radius 2 is 1.96 bits per heavy atom. The summed E-state index contributed by atoms with van der Waals surface area (Å²) >= 11 is 0. The first-order chi connectivity index (χ1) is 12.7. The number of likely N-dealkylation sites (tertiary alicyclic amines) is 1. The molecule has 1 aliphatic rings. The zero-order valence-electron chi connectivity index (χ0n) is 14.9. The Balaban J connectivity index is 1.64. The van der Waals surface area contributed by atoms with Crippen LogP contribution in [0.5, 0.6) is 11.5 Å². The third kappa shape index (κ3) is 2.77. The summed E-state index contributed by atoms with van der Waals surface area (Å²) in [6, 6.07) is 13.2. The molecule has 0 unspecified atom stereocenters. The van der Waals surface area contributed by atoms with Crippen molar-refractivity contribution in [2.24, 2.45) is 0 Å². The molecule has 1 amide bonds. The van der Waals surface area contributed by atoms with E-state index < -0.39 is 0 Å². The summed E-state index contributed by atoms with van der Waals surface area (Å²) in [6.07, 6.45) is 1.86. The number of para-hydroxylation sites is 2. The minimum absolute atomic E-state index is 0.0195. The van der Waals surface area contributed by atoms with Crippen LogP contribution in [0.1, 0.15) is 35.1 Å². The average molecular weight is 351 g/mol. The Hall–Kier alpha value is -3.02. The summed E-state index contributed by atoms with van der Waals surface area (Å²) in [5.74, 6) is 1.99. The molecular formula is C20H21N3O3. The molecule has 3 aromatic rings. The first-order valence-corrected chi connectivity index (χ1v) is 8.69. The topological polar surface area (TPSA) is 67.5 Å². The molecule has 2 aromatic carbocycles. The van der Waals surface area contributed by atoms with E-state index in [4.69, 9.17) is 9.47 Å². The maximum Gasteiger partial charge on any atom is 0.254 e. The molecule has 0 radical (unpaired) electrons. The lowest BCUT2D eigenvalue weighted by molar-refractivity contribution is 0.0730.